The lowest BCUT2D eigenvalue weighted by Gasteiger charge is -2.32. The van der Waals surface area contributed by atoms with Crippen LogP contribution in [-0.2, 0) is 4.74 Å². The zero-order valence-corrected chi connectivity index (χ0v) is 15.9. The molecule has 0 bridgehead atoms. The summed E-state index contributed by atoms with van der Waals surface area (Å²) in [6.07, 6.45) is 3.83. The Balaban J connectivity index is 1.19. The molecule has 0 radical (unpaired) electrons. The minimum atomic E-state index is -0.150. The molecule has 2 aromatic rings. The van der Waals surface area contributed by atoms with E-state index < -0.39 is 0 Å². The van der Waals surface area contributed by atoms with Crippen molar-refractivity contribution in [1.29, 1.82) is 0 Å². The third kappa shape index (κ3) is 3.00. The Hall–Kier alpha value is -1.76. The lowest BCUT2D eigenvalue weighted by molar-refractivity contribution is 0.0368. The first-order valence-electron chi connectivity index (χ1n) is 9.68. The number of likely N-dealkylation sites (tertiary alicyclic amines) is 1. The van der Waals surface area contributed by atoms with E-state index in [0.717, 1.165) is 39.1 Å². The molecule has 2 atom stereocenters. The van der Waals surface area contributed by atoms with Gasteiger partial charge in [-0.25, -0.2) is 0 Å². The number of hydrogen-bond acceptors (Lipinski definition) is 5. The Bertz CT molecular complexity index is 865. The Morgan fingerprint density at radius 2 is 2.04 bits per heavy atom. The summed E-state index contributed by atoms with van der Waals surface area (Å²) in [7, 11) is 0. The van der Waals surface area contributed by atoms with Crippen LogP contribution < -0.4 is 11.1 Å². The van der Waals surface area contributed by atoms with Crippen molar-refractivity contribution in [3.05, 3.63) is 29.0 Å². The monoisotopic (exact) mass is 389 g/mol. The highest BCUT2D eigenvalue weighted by Crippen LogP contribution is 2.52. The Morgan fingerprint density at radius 3 is 2.78 bits per heavy atom. The zero-order valence-electron chi connectivity index (χ0n) is 15.1. The molecule has 3 fully saturated rings. The summed E-state index contributed by atoms with van der Waals surface area (Å²) < 4.78 is 10.9. The summed E-state index contributed by atoms with van der Waals surface area (Å²) in [5.74, 6) is 1.86. The smallest absolute Gasteiger partial charge is 0.255 e. The van der Waals surface area contributed by atoms with E-state index in [1.54, 1.807) is 12.1 Å². The molecule has 5 rings (SSSR count). The SMILES string of the molecule is Nc1c(Cl)cc(C(=O)NCC2C3CN(C4CCOCC4)CC23)c2occc12. The number of fused-ring (bicyclic) bond motifs is 2. The van der Waals surface area contributed by atoms with Crippen molar-refractivity contribution in [1.82, 2.24) is 10.2 Å². The summed E-state index contributed by atoms with van der Waals surface area (Å²) >= 11 is 6.18. The molecule has 7 heteroatoms. The number of nitrogens with one attached hydrogen (secondary N) is 1. The van der Waals surface area contributed by atoms with Gasteiger partial charge in [-0.05, 0) is 42.7 Å². The van der Waals surface area contributed by atoms with Gasteiger partial charge in [-0.15, -0.1) is 0 Å². The van der Waals surface area contributed by atoms with E-state index in [4.69, 9.17) is 26.5 Å². The molecule has 2 aliphatic heterocycles. The van der Waals surface area contributed by atoms with Gasteiger partial charge in [-0.2, -0.15) is 0 Å². The van der Waals surface area contributed by atoms with E-state index in [9.17, 15) is 4.79 Å². The van der Waals surface area contributed by atoms with Gasteiger partial charge in [-0.1, -0.05) is 11.6 Å². The third-order valence-electron chi connectivity index (χ3n) is 6.58. The number of halogens is 1. The van der Waals surface area contributed by atoms with Gasteiger partial charge in [-0.3, -0.25) is 9.69 Å². The number of furan rings is 1. The lowest BCUT2D eigenvalue weighted by atomic mass is 10.1. The molecular weight excluding hydrogens is 366 g/mol. The quantitative estimate of drug-likeness (QED) is 0.786. The molecule has 1 aromatic heterocycles. The topological polar surface area (TPSA) is 80.7 Å². The van der Waals surface area contributed by atoms with Crippen LogP contribution in [0, 0.1) is 17.8 Å². The molecule has 2 saturated heterocycles. The van der Waals surface area contributed by atoms with Crippen LogP contribution in [0.5, 0.6) is 0 Å². The van der Waals surface area contributed by atoms with Gasteiger partial charge in [0.05, 0.1) is 22.5 Å². The van der Waals surface area contributed by atoms with E-state index >= 15 is 0 Å². The zero-order chi connectivity index (χ0) is 18.5. The fraction of sp³-hybridized carbons (Fsp3) is 0.550. The van der Waals surface area contributed by atoms with Crippen molar-refractivity contribution in [3.63, 3.8) is 0 Å². The van der Waals surface area contributed by atoms with Gasteiger partial charge >= 0.3 is 0 Å². The van der Waals surface area contributed by atoms with Crippen molar-refractivity contribution < 1.29 is 13.9 Å². The summed E-state index contributed by atoms with van der Waals surface area (Å²) in [5.41, 5.74) is 7.35. The van der Waals surface area contributed by atoms with Gasteiger partial charge in [0, 0.05) is 44.3 Å². The standard InChI is InChI=1S/C20H24ClN3O3/c21-17-7-13(19-12(18(17)22)3-6-27-19)20(25)23-8-14-15-9-24(10-16(14)15)11-1-4-26-5-2-11/h3,6-7,11,14-16H,1-2,4-5,8-10,22H2,(H,23,25). The van der Waals surface area contributed by atoms with Crippen LogP contribution >= 0.6 is 11.6 Å². The second-order valence-corrected chi connectivity index (χ2v) is 8.39. The summed E-state index contributed by atoms with van der Waals surface area (Å²) in [4.78, 5) is 15.3. The Kier molecular flexibility index (Phi) is 4.30. The normalized spacial score (nSPS) is 28.4. The van der Waals surface area contributed by atoms with Crippen LogP contribution in [0.4, 0.5) is 5.69 Å². The number of anilines is 1. The van der Waals surface area contributed by atoms with Crippen molar-refractivity contribution in [3.8, 4) is 0 Å². The van der Waals surface area contributed by atoms with Crippen LogP contribution in [0.3, 0.4) is 0 Å². The van der Waals surface area contributed by atoms with Crippen LogP contribution in [0.15, 0.2) is 22.8 Å². The van der Waals surface area contributed by atoms with Gasteiger partial charge < -0.3 is 20.2 Å². The number of benzene rings is 1. The van der Waals surface area contributed by atoms with Crippen molar-refractivity contribution in [2.45, 2.75) is 18.9 Å². The Morgan fingerprint density at radius 1 is 1.30 bits per heavy atom. The van der Waals surface area contributed by atoms with E-state index in [1.807, 2.05) is 0 Å². The fourth-order valence-corrected chi connectivity index (χ4v) is 5.15. The largest absolute Gasteiger partial charge is 0.463 e. The highest BCUT2D eigenvalue weighted by molar-refractivity contribution is 6.35. The number of carbonyl (C=O) groups is 1. The number of ether oxygens (including phenoxy) is 1. The minimum Gasteiger partial charge on any atom is -0.463 e. The van der Waals surface area contributed by atoms with Crippen LogP contribution in [-0.4, -0.2) is 49.7 Å². The average Bonchev–Trinajstić information content (AvgIpc) is 3.08. The maximum Gasteiger partial charge on any atom is 0.255 e. The molecule has 27 heavy (non-hydrogen) atoms. The van der Waals surface area contributed by atoms with Crippen LogP contribution in [0.2, 0.25) is 5.02 Å². The van der Waals surface area contributed by atoms with E-state index in [2.05, 4.69) is 10.2 Å². The summed E-state index contributed by atoms with van der Waals surface area (Å²) in [6.45, 7) is 4.81. The molecule has 3 heterocycles. The minimum absolute atomic E-state index is 0.150. The molecule has 2 unspecified atom stereocenters. The van der Waals surface area contributed by atoms with Gasteiger partial charge in [0.25, 0.3) is 5.91 Å². The number of nitrogens with zero attached hydrogens (tertiary/aromatic N) is 1. The van der Waals surface area contributed by atoms with Gasteiger partial charge in [0.2, 0.25) is 0 Å². The molecule has 144 valence electrons. The molecule has 0 spiro atoms. The summed E-state index contributed by atoms with van der Waals surface area (Å²) in [6, 6.07) is 4.02. The van der Waals surface area contributed by atoms with Crippen LogP contribution in [0.25, 0.3) is 11.0 Å². The predicted octanol–water partition coefficient (Wildman–Crippen LogP) is 2.76. The van der Waals surface area contributed by atoms with Gasteiger partial charge in [0.15, 0.2) is 0 Å². The summed E-state index contributed by atoms with van der Waals surface area (Å²) in [5, 5.41) is 4.14. The first-order chi connectivity index (χ1) is 13.1. The number of piperidine rings is 1. The second kappa shape index (κ2) is 6.69. The lowest BCUT2D eigenvalue weighted by Crippen LogP contribution is -2.40. The fourth-order valence-electron chi connectivity index (χ4n) is 4.94. The average molecular weight is 390 g/mol. The number of rotatable bonds is 4. The Labute approximate surface area is 162 Å². The number of amides is 1. The van der Waals surface area contributed by atoms with Gasteiger partial charge in [0.1, 0.15) is 5.58 Å². The highest BCUT2D eigenvalue weighted by atomic mass is 35.5. The molecule has 3 aliphatic rings. The molecule has 1 aliphatic carbocycles. The van der Waals surface area contributed by atoms with Crippen molar-refractivity contribution in [2.24, 2.45) is 17.8 Å². The van der Waals surface area contributed by atoms with E-state index in [1.165, 1.54) is 6.26 Å². The third-order valence-corrected chi connectivity index (χ3v) is 6.89. The molecule has 1 aromatic carbocycles. The molecule has 3 N–H and O–H groups in total. The number of hydrogen-bond donors (Lipinski definition) is 2. The van der Waals surface area contributed by atoms with E-state index in [-0.39, 0.29) is 5.91 Å². The van der Waals surface area contributed by atoms with Crippen LogP contribution in [0.1, 0.15) is 23.2 Å². The first-order valence-corrected chi connectivity index (χ1v) is 10.1. The second-order valence-electron chi connectivity index (χ2n) is 7.98. The predicted molar refractivity (Wildman–Crippen MR) is 104 cm³/mol. The number of carbonyl (C=O) groups excluding carboxylic acids is 1. The molecule has 6 nitrogen and oxygen atoms in total. The molecule has 1 saturated carbocycles. The maximum atomic E-state index is 12.7. The first kappa shape index (κ1) is 17.3. The van der Waals surface area contributed by atoms with Crippen molar-refractivity contribution in [2.75, 3.05) is 38.6 Å². The highest BCUT2D eigenvalue weighted by Gasteiger charge is 2.56. The maximum absolute atomic E-state index is 12.7. The van der Waals surface area contributed by atoms with E-state index in [0.29, 0.717) is 57.6 Å². The number of nitrogens with two attached hydrogens (primary N) is 1. The molecule has 1 amide bonds. The van der Waals surface area contributed by atoms with Crippen molar-refractivity contribution >= 4 is 34.2 Å². The number of nitrogen functional groups attached to an aromatic ring is 1. The molecular formula is C20H24ClN3O3.